The van der Waals surface area contributed by atoms with Gasteiger partial charge in [0.05, 0.1) is 6.04 Å². The van der Waals surface area contributed by atoms with E-state index >= 15 is 0 Å². The molecule has 1 fully saturated rings. The largest absolute Gasteiger partial charge is 0.326 e. The van der Waals surface area contributed by atoms with Gasteiger partial charge in [-0.3, -0.25) is 4.90 Å². The van der Waals surface area contributed by atoms with Crippen LogP contribution in [0.3, 0.4) is 0 Å². The average Bonchev–Trinajstić information content (AvgIpc) is 2.46. The molecule has 0 amide bonds. The summed E-state index contributed by atoms with van der Waals surface area (Å²) in [7, 11) is 0. The summed E-state index contributed by atoms with van der Waals surface area (Å²) in [5.41, 5.74) is 7.79. The van der Waals surface area contributed by atoms with Crippen molar-refractivity contribution in [3.8, 4) is 0 Å². The third kappa shape index (κ3) is 3.80. The summed E-state index contributed by atoms with van der Waals surface area (Å²) in [6.07, 6.45) is 2.30. The van der Waals surface area contributed by atoms with Crippen LogP contribution in [0.1, 0.15) is 52.1 Å². The number of nitrogens with two attached hydrogens (primary N) is 1. The number of piperidine rings is 1. The van der Waals surface area contributed by atoms with E-state index in [0.29, 0.717) is 12.0 Å². The maximum Gasteiger partial charge on any atom is 0.0502 e. The first-order chi connectivity index (χ1) is 9.93. The topological polar surface area (TPSA) is 29.3 Å². The van der Waals surface area contributed by atoms with E-state index in [-0.39, 0.29) is 12.1 Å². The van der Waals surface area contributed by atoms with Crippen LogP contribution < -0.4 is 5.73 Å². The van der Waals surface area contributed by atoms with Crippen molar-refractivity contribution in [2.24, 2.45) is 17.6 Å². The molecule has 118 valence electrons. The monoisotopic (exact) mass is 308 g/mol. The van der Waals surface area contributed by atoms with Gasteiger partial charge in [0.1, 0.15) is 0 Å². The van der Waals surface area contributed by atoms with Gasteiger partial charge in [-0.2, -0.15) is 0 Å². The van der Waals surface area contributed by atoms with Crippen molar-refractivity contribution in [1.82, 2.24) is 4.90 Å². The van der Waals surface area contributed by atoms with Crippen molar-refractivity contribution < 1.29 is 0 Å². The van der Waals surface area contributed by atoms with Crippen LogP contribution in [0.25, 0.3) is 0 Å². The first kappa shape index (κ1) is 16.8. The Bertz CT molecular complexity index is 445. The Morgan fingerprint density at radius 2 is 1.86 bits per heavy atom. The molecule has 2 nitrogen and oxygen atoms in total. The number of benzene rings is 1. The smallest absolute Gasteiger partial charge is 0.0502 e. The molecular formula is C18H29ClN2. The van der Waals surface area contributed by atoms with Crippen molar-refractivity contribution in [2.45, 2.75) is 58.7 Å². The third-order valence-electron chi connectivity index (χ3n) is 5.09. The van der Waals surface area contributed by atoms with Gasteiger partial charge in [0.2, 0.25) is 0 Å². The molecule has 0 bridgehead atoms. The van der Waals surface area contributed by atoms with Crippen molar-refractivity contribution in [3.63, 3.8) is 0 Å². The van der Waals surface area contributed by atoms with Crippen LogP contribution in [0.2, 0.25) is 5.02 Å². The summed E-state index contributed by atoms with van der Waals surface area (Å²) >= 11 is 6.05. The van der Waals surface area contributed by atoms with Crippen LogP contribution in [-0.2, 0) is 0 Å². The number of hydrogen-bond acceptors (Lipinski definition) is 2. The normalized spacial score (nSPS) is 30.1. The molecule has 3 heteroatoms. The Morgan fingerprint density at radius 1 is 1.24 bits per heavy atom. The standard InChI is InChI=1S/C18H29ClN2/c1-5-17(20)18(15-6-8-16(19)9-7-15)21-11-12(2)10-13(3)14(21)4/h6-9,12-14,17-18H,5,10-11,20H2,1-4H3. The third-order valence-corrected chi connectivity index (χ3v) is 5.34. The summed E-state index contributed by atoms with van der Waals surface area (Å²) in [6.45, 7) is 10.4. The molecule has 2 N–H and O–H groups in total. The predicted octanol–water partition coefficient (Wildman–Crippen LogP) is 4.48. The molecule has 5 atom stereocenters. The highest BCUT2D eigenvalue weighted by atomic mass is 35.5. The fraction of sp³-hybridized carbons (Fsp3) is 0.667. The lowest BCUT2D eigenvalue weighted by atomic mass is 9.82. The second-order valence-electron chi connectivity index (χ2n) is 6.82. The van der Waals surface area contributed by atoms with Crippen LogP contribution >= 0.6 is 11.6 Å². The van der Waals surface area contributed by atoms with Crippen LogP contribution in [0.15, 0.2) is 24.3 Å². The van der Waals surface area contributed by atoms with Gasteiger partial charge >= 0.3 is 0 Å². The first-order valence-electron chi connectivity index (χ1n) is 8.20. The maximum absolute atomic E-state index is 6.50. The number of nitrogens with zero attached hydrogens (tertiary/aromatic N) is 1. The van der Waals surface area contributed by atoms with Gasteiger partial charge in [-0.1, -0.05) is 44.5 Å². The number of rotatable bonds is 4. The molecule has 0 saturated carbocycles. The molecule has 0 aromatic heterocycles. The zero-order chi connectivity index (χ0) is 15.6. The van der Waals surface area contributed by atoms with Crippen molar-refractivity contribution in [2.75, 3.05) is 6.54 Å². The lowest BCUT2D eigenvalue weighted by Gasteiger charge is -2.47. The van der Waals surface area contributed by atoms with E-state index in [9.17, 15) is 0 Å². The Kier molecular flexibility index (Phi) is 5.70. The van der Waals surface area contributed by atoms with Crippen LogP contribution in [0.4, 0.5) is 0 Å². The molecule has 0 radical (unpaired) electrons. The molecule has 0 aliphatic carbocycles. The van der Waals surface area contributed by atoms with Crippen molar-refractivity contribution >= 4 is 11.6 Å². The highest BCUT2D eigenvalue weighted by Gasteiger charge is 2.36. The molecule has 0 spiro atoms. The van der Waals surface area contributed by atoms with Gasteiger partial charge in [-0.15, -0.1) is 0 Å². The van der Waals surface area contributed by atoms with E-state index in [1.807, 2.05) is 12.1 Å². The van der Waals surface area contributed by atoms with Gasteiger partial charge < -0.3 is 5.73 Å². The van der Waals surface area contributed by atoms with E-state index < -0.39 is 0 Å². The summed E-state index contributed by atoms with van der Waals surface area (Å²) in [4.78, 5) is 2.62. The Labute approximate surface area is 134 Å². The SMILES string of the molecule is CCC(N)C(c1ccc(Cl)cc1)N1CC(C)CC(C)C1C. The lowest BCUT2D eigenvalue weighted by molar-refractivity contribution is 0.0287. The molecule has 1 aliphatic heterocycles. The fourth-order valence-electron chi connectivity index (χ4n) is 3.69. The average molecular weight is 309 g/mol. The molecule has 21 heavy (non-hydrogen) atoms. The zero-order valence-corrected chi connectivity index (χ0v) is 14.5. The number of hydrogen-bond donors (Lipinski definition) is 1. The molecule has 1 aliphatic rings. The van der Waals surface area contributed by atoms with Crippen LogP contribution in [0, 0.1) is 11.8 Å². The Balaban J connectivity index is 2.33. The van der Waals surface area contributed by atoms with Gasteiger partial charge in [0, 0.05) is 23.7 Å². The lowest BCUT2D eigenvalue weighted by Crippen LogP contribution is -2.52. The molecular weight excluding hydrogens is 280 g/mol. The van der Waals surface area contributed by atoms with Crippen molar-refractivity contribution in [1.29, 1.82) is 0 Å². The van der Waals surface area contributed by atoms with E-state index in [1.165, 1.54) is 12.0 Å². The first-order valence-corrected chi connectivity index (χ1v) is 8.58. The number of likely N-dealkylation sites (tertiary alicyclic amines) is 1. The predicted molar refractivity (Wildman–Crippen MR) is 91.6 cm³/mol. The van der Waals surface area contributed by atoms with E-state index in [0.717, 1.165) is 23.9 Å². The minimum Gasteiger partial charge on any atom is -0.326 e. The Morgan fingerprint density at radius 3 is 2.43 bits per heavy atom. The van der Waals surface area contributed by atoms with E-state index in [4.69, 9.17) is 17.3 Å². The maximum atomic E-state index is 6.50. The van der Waals surface area contributed by atoms with Crippen LogP contribution in [0.5, 0.6) is 0 Å². The molecule has 1 saturated heterocycles. The highest BCUT2D eigenvalue weighted by molar-refractivity contribution is 6.30. The molecule has 2 rings (SSSR count). The van der Waals surface area contributed by atoms with Crippen molar-refractivity contribution in [3.05, 3.63) is 34.9 Å². The van der Waals surface area contributed by atoms with E-state index in [1.54, 1.807) is 0 Å². The molecule has 1 heterocycles. The van der Waals surface area contributed by atoms with Gasteiger partial charge in [-0.25, -0.2) is 0 Å². The molecule has 1 aromatic carbocycles. The van der Waals surface area contributed by atoms with Gasteiger partial charge in [0.25, 0.3) is 0 Å². The minimum atomic E-state index is 0.158. The summed E-state index contributed by atoms with van der Waals surface area (Å²) in [5.74, 6) is 1.45. The highest BCUT2D eigenvalue weighted by Crippen LogP contribution is 2.36. The second kappa shape index (κ2) is 7.13. The minimum absolute atomic E-state index is 0.158. The number of halogens is 1. The summed E-state index contributed by atoms with van der Waals surface area (Å²) < 4.78 is 0. The van der Waals surface area contributed by atoms with Gasteiger partial charge in [-0.05, 0) is 49.3 Å². The molecule has 5 unspecified atom stereocenters. The zero-order valence-electron chi connectivity index (χ0n) is 13.7. The van der Waals surface area contributed by atoms with Gasteiger partial charge in [0.15, 0.2) is 0 Å². The van der Waals surface area contributed by atoms with Crippen LogP contribution in [-0.4, -0.2) is 23.5 Å². The fourth-order valence-corrected chi connectivity index (χ4v) is 3.82. The summed E-state index contributed by atoms with van der Waals surface area (Å²) in [6, 6.07) is 9.25. The quantitative estimate of drug-likeness (QED) is 0.888. The Hall–Kier alpha value is -0.570. The molecule has 1 aromatic rings. The second-order valence-corrected chi connectivity index (χ2v) is 7.26. The van der Waals surface area contributed by atoms with E-state index in [2.05, 4.69) is 44.7 Å². The summed E-state index contributed by atoms with van der Waals surface area (Å²) in [5, 5.41) is 0.788.